The van der Waals surface area contributed by atoms with Crippen LogP contribution in [0.5, 0.6) is 5.75 Å². The van der Waals surface area contributed by atoms with Crippen molar-refractivity contribution in [3.63, 3.8) is 0 Å². The molecule has 2 heterocycles. The van der Waals surface area contributed by atoms with E-state index in [1.54, 1.807) is 19.9 Å². The Hall–Kier alpha value is -3.89. The maximum atomic E-state index is 13.4. The van der Waals surface area contributed by atoms with Gasteiger partial charge in [-0.05, 0) is 57.7 Å². The second-order valence-electron chi connectivity index (χ2n) is 13.1. The molecular weight excluding hydrogens is 568 g/mol. The number of rotatable bonds is 6. The molecule has 2 bridgehead atoms. The number of benzene rings is 2. The number of ether oxygens (including phenoxy) is 5. The van der Waals surface area contributed by atoms with E-state index < -0.39 is 70.5 Å². The SMILES string of the molecule is CC(=O)O[C@H]1C[C@](C)(O)C23OC(C)(C)C(C[C@H](OC(=O)c4ccco4)[C@]2(C)[C@H]1OC(C)=O)[C@H]3Oc1cccc2ccccc12. The fourth-order valence-electron chi connectivity index (χ4n) is 8.21. The number of carbonyl (C=O) groups excluding carboxylic acids is 3. The molecule has 3 aliphatic rings. The van der Waals surface area contributed by atoms with E-state index in [0.29, 0.717) is 5.75 Å². The van der Waals surface area contributed by atoms with Crippen molar-refractivity contribution in [2.45, 2.75) is 95.6 Å². The lowest BCUT2D eigenvalue weighted by Gasteiger charge is -2.65. The molecule has 10 heteroatoms. The van der Waals surface area contributed by atoms with Crippen LogP contribution >= 0.6 is 0 Å². The van der Waals surface area contributed by atoms with Crippen molar-refractivity contribution >= 4 is 28.7 Å². The summed E-state index contributed by atoms with van der Waals surface area (Å²) in [6.45, 7) is 9.70. The van der Waals surface area contributed by atoms with E-state index in [0.717, 1.165) is 10.8 Å². The van der Waals surface area contributed by atoms with Crippen molar-refractivity contribution < 1.29 is 47.6 Å². The lowest BCUT2D eigenvalue weighted by Crippen LogP contribution is -2.82. The third kappa shape index (κ3) is 4.41. The molecule has 6 rings (SSSR count). The predicted molar refractivity (Wildman–Crippen MR) is 157 cm³/mol. The number of fused-ring (bicyclic) bond motifs is 2. The summed E-state index contributed by atoms with van der Waals surface area (Å²) in [5.74, 6) is -1.78. The summed E-state index contributed by atoms with van der Waals surface area (Å²) in [6.07, 6.45) is -2.55. The molecule has 1 N–H and O–H groups in total. The molecule has 1 aromatic heterocycles. The van der Waals surface area contributed by atoms with Gasteiger partial charge in [-0.1, -0.05) is 36.4 Å². The minimum absolute atomic E-state index is 0.00699. The molecule has 1 aliphatic heterocycles. The largest absolute Gasteiger partial charge is 0.486 e. The van der Waals surface area contributed by atoms with E-state index in [4.69, 9.17) is 28.1 Å². The van der Waals surface area contributed by atoms with Crippen LogP contribution in [-0.4, -0.2) is 64.2 Å². The third-order valence-electron chi connectivity index (χ3n) is 9.93. The van der Waals surface area contributed by atoms with Crippen molar-refractivity contribution in [3.8, 4) is 5.75 Å². The molecular formula is C34H38O10. The summed E-state index contributed by atoms with van der Waals surface area (Å²) in [7, 11) is 0. The van der Waals surface area contributed by atoms with Gasteiger partial charge in [-0.25, -0.2) is 4.79 Å². The Morgan fingerprint density at radius 3 is 2.25 bits per heavy atom. The van der Waals surface area contributed by atoms with E-state index in [2.05, 4.69) is 0 Å². The minimum atomic E-state index is -1.73. The number of carbonyl (C=O) groups is 3. The summed E-state index contributed by atoms with van der Waals surface area (Å²) < 4.78 is 37.2. The smallest absolute Gasteiger partial charge is 0.374 e. The van der Waals surface area contributed by atoms with Crippen LogP contribution in [0.4, 0.5) is 0 Å². The number of hydrogen-bond acceptors (Lipinski definition) is 10. The van der Waals surface area contributed by atoms with Crippen molar-refractivity contribution in [2.24, 2.45) is 11.3 Å². The zero-order valence-electron chi connectivity index (χ0n) is 25.7. The Balaban J connectivity index is 1.57. The van der Waals surface area contributed by atoms with Gasteiger partial charge in [0.15, 0.2) is 6.10 Å². The topological polar surface area (TPSA) is 131 Å². The first-order valence-corrected chi connectivity index (χ1v) is 14.9. The molecule has 0 amide bonds. The van der Waals surface area contributed by atoms with Crippen LogP contribution in [0.25, 0.3) is 10.8 Å². The summed E-state index contributed by atoms with van der Waals surface area (Å²) in [5.41, 5.74) is -5.71. The molecule has 2 aromatic carbocycles. The highest BCUT2D eigenvalue weighted by molar-refractivity contribution is 5.88. The first-order chi connectivity index (χ1) is 20.7. The predicted octanol–water partition coefficient (Wildman–Crippen LogP) is 5.00. The van der Waals surface area contributed by atoms with Crippen LogP contribution in [-0.2, 0) is 28.5 Å². The number of furan rings is 1. The third-order valence-corrected chi connectivity index (χ3v) is 9.93. The highest BCUT2D eigenvalue weighted by Gasteiger charge is 2.84. The van der Waals surface area contributed by atoms with Gasteiger partial charge in [0.2, 0.25) is 5.76 Å². The minimum Gasteiger partial charge on any atom is -0.486 e. The van der Waals surface area contributed by atoms with E-state index in [1.165, 1.54) is 26.2 Å². The number of hydrogen-bond donors (Lipinski definition) is 1. The Labute approximate surface area is 255 Å². The van der Waals surface area contributed by atoms with Gasteiger partial charge in [-0.15, -0.1) is 0 Å². The van der Waals surface area contributed by atoms with Crippen LogP contribution in [0.2, 0.25) is 0 Å². The molecule has 234 valence electrons. The lowest BCUT2D eigenvalue weighted by atomic mass is 9.47. The molecule has 2 aliphatic carbocycles. The monoisotopic (exact) mass is 606 g/mol. The maximum Gasteiger partial charge on any atom is 0.374 e. The van der Waals surface area contributed by atoms with Gasteiger partial charge in [0.05, 0.1) is 22.9 Å². The molecule has 2 unspecified atom stereocenters. The van der Waals surface area contributed by atoms with E-state index in [9.17, 15) is 19.5 Å². The summed E-state index contributed by atoms with van der Waals surface area (Å²) >= 11 is 0. The molecule has 1 saturated heterocycles. The second kappa shape index (κ2) is 10.3. The van der Waals surface area contributed by atoms with Crippen LogP contribution in [0.1, 0.15) is 64.9 Å². The Bertz CT molecular complexity index is 1590. The average molecular weight is 607 g/mol. The summed E-state index contributed by atoms with van der Waals surface area (Å²) in [5, 5.41) is 14.4. The molecule has 8 atom stereocenters. The van der Waals surface area contributed by atoms with Gasteiger partial charge in [0, 0.05) is 31.6 Å². The molecule has 3 fully saturated rings. The Kier molecular flexibility index (Phi) is 7.09. The van der Waals surface area contributed by atoms with Crippen LogP contribution < -0.4 is 4.74 Å². The molecule has 44 heavy (non-hydrogen) atoms. The number of aliphatic hydroxyl groups is 1. The Morgan fingerprint density at radius 2 is 1.57 bits per heavy atom. The average Bonchev–Trinajstić information content (AvgIpc) is 3.54. The normalized spacial score (nSPS) is 35.4. The summed E-state index contributed by atoms with van der Waals surface area (Å²) in [6, 6.07) is 16.6. The fourth-order valence-corrected chi connectivity index (χ4v) is 8.21. The standard InChI is InChI=1S/C34H38O10/c1-19(35)40-26-18-32(5,38)34-28(42-24-14-9-12-21-11-7-8-13-22(21)24)23(31(3,4)44-34)17-27(33(34,6)29(26)41-20(2)36)43-30(37)25-15-10-16-39-25/h7-16,23,26-29,38H,17-18H2,1-6H3/t23?,26-,27-,28+,29-,32-,33+,34?/m0/s1. The van der Waals surface area contributed by atoms with Crippen LogP contribution in [0.15, 0.2) is 65.3 Å². The highest BCUT2D eigenvalue weighted by Crippen LogP contribution is 2.69. The molecule has 0 radical (unpaired) electrons. The van der Waals surface area contributed by atoms with Crippen LogP contribution in [0, 0.1) is 11.3 Å². The quantitative estimate of drug-likeness (QED) is 0.302. The van der Waals surface area contributed by atoms with Crippen molar-refractivity contribution in [2.75, 3.05) is 0 Å². The van der Waals surface area contributed by atoms with Gasteiger partial charge in [0.1, 0.15) is 29.7 Å². The highest BCUT2D eigenvalue weighted by atomic mass is 16.6. The second-order valence-corrected chi connectivity index (χ2v) is 13.1. The summed E-state index contributed by atoms with van der Waals surface area (Å²) in [4.78, 5) is 38.4. The molecule has 2 saturated carbocycles. The van der Waals surface area contributed by atoms with Gasteiger partial charge in [-0.3, -0.25) is 9.59 Å². The number of esters is 3. The van der Waals surface area contributed by atoms with Gasteiger partial charge >= 0.3 is 17.9 Å². The van der Waals surface area contributed by atoms with Crippen molar-refractivity contribution in [1.29, 1.82) is 0 Å². The first kappa shape index (κ1) is 30.1. The van der Waals surface area contributed by atoms with E-state index in [-0.39, 0.29) is 18.6 Å². The van der Waals surface area contributed by atoms with Crippen molar-refractivity contribution in [1.82, 2.24) is 0 Å². The van der Waals surface area contributed by atoms with E-state index in [1.807, 2.05) is 56.3 Å². The zero-order valence-corrected chi connectivity index (χ0v) is 25.7. The van der Waals surface area contributed by atoms with Crippen molar-refractivity contribution in [3.05, 3.63) is 66.6 Å². The maximum absolute atomic E-state index is 13.4. The van der Waals surface area contributed by atoms with Gasteiger partial charge < -0.3 is 33.2 Å². The Morgan fingerprint density at radius 1 is 0.864 bits per heavy atom. The fraction of sp³-hybridized carbons (Fsp3) is 0.500. The van der Waals surface area contributed by atoms with E-state index >= 15 is 0 Å². The van der Waals surface area contributed by atoms with Crippen LogP contribution in [0.3, 0.4) is 0 Å². The lowest BCUT2D eigenvalue weighted by molar-refractivity contribution is -0.341. The van der Waals surface area contributed by atoms with Gasteiger partial charge in [-0.2, -0.15) is 0 Å². The molecule has 3 aromatic rings. The first-order valence-electron chi connectivity index (χ1n) is 14.9. The zero-order chi connectivity index (χ0) is 31.7. The van der Waals surface area contributed by atoms with Gasteiger partial charge in [0.25, 0.3) is 0 Å². The molecule has 10 nitrogen and oxygen atoms in total. The molecule has 1 spiro atoms.